The van der Waals surface area contributed by atoms with Gasteiger partial charge in [-0.2, -0.15) is 4.39 Å². The lowest BCUT2D eigenvalue weighted by molar-refractivity contribution is 0.194. The van der Waals surface area contributed by atoms with Crippen LogP contribution in [0.25, 0.3) is 12.2 Å². The van der Waals surface area contributed by atoms with Gasteiger partial charge in [0.1, 0.15) is 0 Å². The largest absolute Gasteiger partial charge is 0.465 e. The van der Waals surface area contributed by atoms with E-state index in [4.69, 9.17) is 5.11 Å². The van der Waals surface area contributed by atoms with E-state index in [1.165, 1.54) is 6.20 Å². The molecule has 0 aliphatic carbocycles. The van der Waals surface area contributed by atoms with Crippen LogP contribution in [0.3, 0.4) is 0 Å². The van der Waals surface area contributed by atoms with E-state index in [-0.39, 0.29) is 6.54 Å². The van der Waals surface area contributed by atoms with E-state index in [1.54, 1.807) is 24.3 Å². The van der Waals surface area contributed by atoms with Crippen molar-refractivity contribution in [3.63, 3.8) is 0 Å². The number of rotatable bonds is 4. The molecule has 2 N–H and O–H groups in total. The predicted octanol–water partition coefficient (Wildman–Crippen LogP) is 3.16. The van der Waals surface area contributed by atoms with Gasteiger partial charge in [0.25, 0.3) is 0 Å². The zero-order valence-electron chi connectivity index (χ0n) is 10.6. The number of hydrogen-bond donors (Lipinski definition) is 2. The highest BCUT2D eigenvalue weighted by atomic mass is 19.1. The van der Waals surface area contributed by atoms with E-state index in [0.29, 0.717) is 5.56 Å². The number of aromatic nitrogens is 1. The fourth-order valence-corrected chi connectivity index (χ4v) is 1.63. The number of pyridine rings is 1. The van der Waals surface area contributed by atoms with Gasteiger partial charge in [-0.15, -0.1) is 0 Å². The van der Waals surface area contributed by atoms with E-state index < -0.39 is 12.0 Å². The number of benzene rings is 1. The van der Waals surface area contributed by atoms with Crippen molar-refractivity contribution in [3.8, 4) is 0 Å². The Labute approximate surface area is 115 Å². The molecule has 0 fully saturated rings. The van der Waals surface area contributed by atoms with Crippen LogP contribution >= 0.6 is 0 Å². The summed E-state index contributed by atoms with van der Waals surface area (Å²) in [5.74, 6) is -0.508. The number of nitrogens with zero attached hydrogens (tertiary/aromatic N) is 1. The van der Waals surface area contributed by atoms with Gasteiger partial charge in [0, 0.05) is 18.3 Å². The van der Waals surface area contributed by atoms with Crippen LogP contribution < -0.4 is 5.32 Å². The van der Waals surface area contributed by atoms with Crippen LogP contribution in [-0.4, -0.2) is 16.2 Å². The van der Waals surface area contributed by atoms with Crippen molar-refractivity contribution in [3.05, 3.63) is 65.2 Å². The van der Waals surface area contributed by atoms with Gasteiger partial charge in [-0.05, 0) is 29.3 Å². The molecule has 0 spiro atoms. The Kier molecular flexibility index (Phi) is 4.44. The first-order chi connectivity index (χ1) is 9.65. The molecule has 1 aromatic carbocycles. The second-order valence-electron chi connectivity index (χ2n) is 4.12. The Morgan fingerprint density at radius 1 is 1.25 bits per heavy atom. The standard InChI is InChI=1S/C15H13FN2O2/c16-14-13(2-1-9-17-14)8-7-11-3-5-12(6-4-11)10-18-15(19)20/h1-9,18H,10H2,(H,19,20). The fourth-order valence-electron chi connectivity index (χ4n) is 1.63. The summed E-state index contributed by atoms with van der Waals surface area (Å²) in [6.07, 6.45) is 3.76. The van der Waals surface area contributed by atoms with Gasteiger partial charge in [-0.1, -0.05) is 30.3 Å². The highest BCUT2D eigenvalue weighted by Gasteiger charge is 1.98. The molecule has 0 atom stereocenters. The summed E-state index contributed by atoms with van der Waals surface area (Å²) < 4.78 is 13.3. The Morgan fingerprint density at radius 2 is 2.00 bits per heavy atom. The second kappa shape index (κ2) is 6.47. The first-order valence-corrected chi connectivity index (χ1v) is 5.99. The average Bonchev–Trinajstić information content (AvgIpc) is 2.45. The molecule has 0 saturated carbocycles. The summed E-state index contributed by atoms with van der Waals surface area (Å²) in [6, 6.07) is 10.6. The second-order valence-corrected chi connectivity index (χ2v) is 4.12. The van der Waals surface area contributed by atoms with Crippen molar-refractivity contribution in [2.24, 2.45) is 0 Å². The Morgan fingerprint density at radius 3 is 2.65 bits per heavy atom. The maximum absolute atomic E-state index is 13.3. The molecule has 0 bridgehead atoms. The Balaban J connectivity index is 2.04. The first kappa shape index (κ1) is 13.7. The lowest BCUT2D eigenvalue weighted by Gasteiger charge is -2.01. The number of halogens is 1. The molecule has 5 heteroatoms. The van der Waals surface area contributed by atoms with Crippen LogP contribution in [0.5, 0.6) is 0 Å². The van der Waals surface area contributed by atoms with Gasteiger partial charge in [0.05, 0.1) is 0 Å². The third kappa shape index (κ3) is 3.91. The van der Waals surface area contributed by atoms with Gasteiger partial charge >= 0.3 is 6.09 Å². The molecule has 1 aromatic heterocycles. The van der Waals surface area contributed by atoms with Crippen molar-refractivity contribution in [1.82, 2.24) is 10.3 Å². The summed E-state index contributed by atoms with van der Waals surface area (Å²) in [6.45, 7) is 0.260. The van der Waals surface area contributed by atoms with E-state index in [1.807, 2.05) is 24.3 Å². The number of carbonyl (C=O) groups is 1. The predicted molar refractivity (Wildman–Crippen MR) is 74.4 cm³/mol. The third-order valence-electron chi connectivity index (χ3n) is 2.67. The number of nitrogens with one attached hydrogen (secondary N) is 1. The van der Waals surface area contributed by atoms with E-state index in [9.17, 15) is 9.18 Å². The van der Waals surface area contributed by atoms with Gasteiger partial charge in [-0.25, -0.2) is 9.78 Å². The monoisotopic (exact) mass is 272 g/mol. The third-order valence-corrected chi connectivity index (χ3v) is 2.67. The minimum Gasteiger partial charge on any atom is -0.465 e. The minimum atomic E-state index is -1.05. The number of amides is 1. The van der Waals surface area contributed by atoms with E-state index in [2.05, 4.69) is 10.3 Å². The highest BCUT2D eigenvalue weighted by Crippen LogP contribution is 2.11. The molecule has 0 unspecified atom stereocenters. The van der Waals surface area contributed by atoms with Gasteiger partial charge in [-0.3, -0.25) is 0 Å². The van der Waals surface area contributed by atoms with Crippen molar-refractivity contribution in [1.29, 1.82) is 0 Å². The first-order valence-electron chi connectivity index (χ1n) is 5.99. The molecular weight excluding hydrogens is 259 g/mol. The number of carboxylic acid groups (broad SMARTS) is 1. The molecule has 4 nitrogen and oxygen atoms in total. The summed E-state index contributed by atoms with van der Waals surface area (Å²) >= 11 is 0. The minimum absolute atomic E-state index is 0.260. The van der Waals surface area contributed by atoms with Crippen molar-refractivity contribution in [2.45, 2.75) is 6.54 Å². The Hall–Kier alpha value is -2.69. The maximum atomic E-state index is 13.3. The van der Waals surface area contributed by atoms with Crippen molar-refractivity contribution < 1.29 is 14.3 Å². The van der Waals surface area contributed by atoms with Crippen LogP contribution in [0.15, 0.2) is 42.6 Å². The van der Waals surface area contributed by atoms with Crippen molar-refractivity contribution >= 4 is 18.2 Å². The molecule has 102 valence electrons. The van der Waals surface area contributed by atoms with Crippen molar-refractivity contribution in [2.75, 3.05) is 0 Å². The maximum Gasteiger partial charge on any atom is 0.404 e. The van der Waals surface area contributed by atoms with Crippen LogP contribution in [0.2, 0.25) is 0 Å². The topological polar surface area (TPSA) is 62.2 Å². The van der Waals surface area contributed by atoms with E-state index in [0.717, 1.165) is 11.1 Å². The van der Waals surface area contributed by atoms with E-state index >= 15 is 0 Å². The lowest BCUT2D eigenvalue weighted by Crippen LogP contribution is -2.19. The zero-order chi connectivity index (χ0) is 14.4. The van der Waals surface area contributed by atoms with Crippen LogP contribution in [-0.2, 0) is 6.54 Å². The smallest absolute Gasteiger partial charge is 0.404 e. The van der Waals surface area contributed by atoms with Gasteiger partial charge in [0.15, 0.2) is 0 Å². The molecule has 0 radical (unpaired) electrons. The normalized spacial score (nSPS) is 10.7. The molecule has 0 saturated heterocycles. The fraction of sp³-hybridized carbons (Fsp3) is 0.0667. The lowest BCUT2D eigenvalue weighted by atomic mass is 10.1. The molecule has 20 heavy (non-hydrogen) atoms. The summed E-state index contributed by atoms with van der Waals surface area (Å²) in [5.41, 5.74) is 2.17. The van der Waals surface area contributed by atoms with Gasteiger partial charge < -0.3 is 10.4 Å². The summed E-state index contributed by atoms with van der Waals surface area (Å²) in [5, 5.41) is 10.8. The van der Waals surface area contributed by atoms with Crippen LogP contribution in [0, 0.1) is 5.95 Å². The summed E-state index contributed by atoms with van der Waals surface area (Å²) in [4.78, 5) is 13.9. The highest BCUT2D eigenvalue weighted by molar-refractivity contribution is 5.69. The summed E-state index contributed by atoms with van der Waals surface area (Å²) in [7, 11) is 0. The molecule has 2 aromatic rings. The molecule has 0 aliphatic heterocycles. The molecule has 1 heterocycles. The molecule has 1 amide bonds. The molecular formula is C15H13FN2O2. The molecule has 0 aliphatic rings. The quantitative estimate of drug-likeness (QED) is 0.840. The Bertz CT molecular complexity index is 624. The van der Waals surface area contributed by atoms with Crippen LogP contribution in [0.4, 0.5) is 9.18 Å². The van der Waals surface area contributed by atoms with Crippen LogP contribution in [0.1, 0.15) is 16.7 Å². The zero-order valence-corrected chi connectivity index (χ0v) is 10.6. The SMILES string of the molecule is O=C(O)NCc1ccc(C=Cc2cccnc2F)cc1. The number of hydrogen-bond acceptors (Lipinski definition) is 2. The van der Waals surface area contributed by atoms with Gasteiger partial charge in [0.2, 0.25) is 5.95 Å². The average molecular weight is 272 g/mol. The molecule has 2 rings (SSSR count).